The second-order valence-corrected chi connectivity index (χ2v) is 8.49. The molecule has 1 unspecified atom stereocenters. The van der Waals surface area contributed by atoms with Gasteiger partial charge in [0.25, 0.3) is 5.91 Å². The van der Waals surface area contributed by atoms with E-state index in [4.69, 9.17) is 16.1 Å². The van der Waals surface area contributed by atoms with Gasteiger partial charge in [-0.05, 0) is 45.9 Å². The Bertz CT molecular complexity index is 613. The Hall–Kier alpha value is -1.03. The van der Waals surface area contributed by atoms with Crippen LogP contribution in [0.2, 0.25) is 5.02 Å². The first-order chi connectivity index (χ1) is 9.66. The molecule has 1 atom stereocenters. The summed E-state index contributed by atoms with van der Waals surface area (Å²) in [7, 11) is -3.18. The van der Waals surface area contributed by atoms with Gasteiger partial charge in [-0.15, -0.1) is 0 Å². The van der Waals surface area contributed by atoms with Crippen molar-refractivity contribution in [1.29, 1.82) is 0 Å². The number of amides is 1. The molecule has 5 nitrogen and oxygen atoms in total. The quantitative estimate of drug-likeness (QED) is 0.826. The summed E-state index contributed by atoms with van der Waals surface area (Å²) >= 11 is 5.99. The summed E-state index contributed by atoms with van der Waals surface area (Å²) in [6.07, 6.45) is 0.0233. The van der Waals surface area contributed by atoms with Gasteiger partial charge < -0.3 is 14.5 Å². The van der Waals surface area contributed by atoms with E-state index < -0.39 is 13.1 Å². The van der Waals surface area contributed by atoms with E-state index in [0.717, 1.165) is 0 Å². The summed E-state index contributed by atoms with van der Waals surface area (Å²) < 4.78 is 18.4. The molecule has 116 valence electrons. The summed E-state index contributed by atoms with van der Waals surface area (Å²) in [4.78, 5) is 14.3. The van der Waals surface area contributed by atoms with Crippen molar-refractivity contribution in [3.05, 3.63) is 28.8 Å². The van der Waals surface area contributed by atoms with E-state index in [9.17, 15) is 9.36 Å². The molecule has 0 radical (unpaired) electrons. The highest BCUT2D eigenvalue weighted by atomic mass is 35.5. The molecule has 1 aromatic carbocycles. The number of hydrogen-bond donors (Lipinski definition) is 1. The summed E-state index contributed by atoms with van der Waals surface area (Å²) in [5.74, 6) is -0.204. The van der Waals surface area contributed by atoms with Crippen molar-refractivity contribution >= 4 is 30.7 Å². The lowest BCUT2D eigenvalue weighted by molar-refractivity contribution is 0.0627. The lowest BCUT2D eigenvalue weighted by atomic mass is 10.0. The van der Waals surface area contributed by atoms with E-state index in [1.807, 2.05) is 20.8 Å². The van der Waals surface area contributed by atoms with Crippen molar-refractivity contribution in [2.75, 3.05) is 18.0 Å². The molecule has 2 rings (SSSR count). The molecule has 0 saturated heterocycles. The summed E-state index contributed by atoms with van der Waals surface area (Å²) in [6, 6.07) is 4.91. The maximum absolute atomic E-state index is 12.9. The summed E-state index contributed by atoms with van der Waals surface area (Å²) in [5, 5.41) is 3.37. The number of benzene rings is 1. The number of rotatable bonds is 2. The fraction of sp³-hybridized carbons (Fsp3) is 0.500. The van der Waals surface area contributed by atoms with Crippen LogP contribution in [0.1, 0.15) is 38.1 Å². The van der Waals surface area contributed by atoms with Crippen molar-refractivity contribution in [2.45, 2.75) is 33.2 Å². The number of hydrogen-bond acceptors (Lipinski definition) is 3. The number of nitrogens with zero attached hydrogens (tertiary/aromatic N) is 1. The van der Waals surface area contributed by atoms with Gasteiger partial charge in [0.2, 0.25) is 0 Å². The molecule has 7 heteroatoms. The summed E-state index contributed by atoms with van der Waals surface area (Å²) in [5.41, 5.74) is 0.429. The fourth-order valence-electron chi connectivity index (χ4n) is 2.20. The first kappa shape index (κ1) is 16.3. The number of carbonyl (C=O) groups is 1. The Morgan fingerprint density at radius 3 is 2.67 bits per heavy atom. The minimum Gasteiger partial charge on any atom is -0.322 e. The number of anilines is 1. The van der Waals surface area contributed by atoms with E-state index in [2.05, 4.69) is 5.09 Å². The lowest BCUT2D eigenvalue weighted by Crippen LogP contribution is -2.45. The highest BCUT2D eigenvalue weighted by molar-refractivity contribution is 7.60. The van der Waals surface area contributed by atoms with E-state index in [0.29, 0.717) is 22.9 Å². The number of fused-ring (bicyclic) bond motifs is 1. The van der Waals surface area contributed by atoms with Gasteiger partial charge in [0, 0.05) is 10.6 Å². The SMILES string of the molecule is CCOP1(=O)CN(C(C)(C)C)C(=O)c2cc(Cl)ccc2N1. The Balaban J connectivity index is 2.58. The molecule has 21 heavy (non-hydrogen) atoms. The Morgan fingerprint density at radius 1 is 1.43 bits per heavy atom. The van der Waals surface area contributed by atoms with Crippen LogP contribution in [-0.4, -0.2) is 29.2 Å². The number of nitrogens with one attached hydrogen (secondary N) is 1. The van der Waals surface area contributed by atoms with Gasteiger partial charge in [0.05, 0.1) is 17.9 Å². The molecule has 0 spiro atoms. The predicted molar refractivity (Wildman–Crippen MR) is 85.1 cm³/mol. The highest BCUT2D eigenvalue weighted by Gasteiger charge is 2.39. The molecule has 0 bridgehead atoms. The predicted octanol–water partition coefficient (Wildman–Crippen LogP) is 4.19. The van der Waals surface area contributed by atoms with Gasteiger partial charge in [-0.2, -0.15) is 0 Å². The molecule has 1 N–H and O–H groups in total. The molecule has 1 heterocycles. The zero-order valence-electron chi connectivity index (χ0n) is 12.6. The number of halogens is 1. The Labute approximate surface area is 130 Å². The minimum atomic E-state index is -3.18. The average Bonchev–Trinajstić information content (AvgIpc) is 2.46. The first-order valence-corrected chi connectivity index (χ1v) is 8.98. The van der Waals surface area contributed by atoms with Crippen LogP contribution < -0.4 is 5.09 Å². The monoisotopic (exact) mass is 330 g/mol. The third-order valence-electron chi connectivity index (χ3n) is 3.22. The van der Waals surface area contributed by atoms with Gasteiger partial charge in [0.15, 0.2) is 0 Å². The lowest BCUT2D eigenvalue weighted by Gasteiger charge is -2.35. The third-order valence-corrected chi connectivity index (χ3v) is 5.37. The van der Waals surface area contributed by atoms with E-state index in [-0.39, 0.29) is 12.2 Å². The van der Waals surface area contributed by atoms with E-state index in [1.165, 1.54) is 0 Å². The second kappa shape index (κ2) is 5.64. The molecular formula is C14H20ClN2O3P. The van der Waals surface area contributed by atoms with Crippen LogP contribution in [0.25, 0.3) is 0 Å². The van der Waals surface area contributed by atoms with Crippen LogP contribution in [0.4, 0.5) is 5.69 Å². The molecule has 1 amide bonds. The zero-order valence-corrected chi connectivity index (χ0v) is 14.3. The highest BCUT2D eigenvalue weighted by Crippen LogP contribution is 2.51. The van der Waals surface area contributed by atoms with Gasteiger partial charge in [-0.25, -0.2) is 0 Å². The molecule has 0 saturated carbocycles. The molecule has 1 aliphatic rings. The van der Waals surface area contributed by atoms with Crippen LogP contribution >= 0.6 is 19.1 Å². The normalized spacial score (nSPS) is 22.5. The molecule has 0 aromatic heterocycles. The van der Waals surface area contributed by atoms with Crippen molar-refractivity contribution < 1.29 is 13.9 Å². The fourth-order valence-corrected chi connectivity index (χ4v) is 4.50. The van der Waals surface area contributed by atoms with Crippen molar-refractivity contribution in [3.63, 3.8) is 0 Å². The van der Waals surface area contributed by atoms with Crippen LogP contribution in [-0.2, 0) is 9.09 Å². The molecule has 1 aliphatic heterocycles. The Kier molecular flexibility index (Phi) is 4.39. The first-order valence-electron chi connectivity index (χ1n) is 6.80. The maximum atomic E-state index is 12.9. The second-order valence-electron chi connectivity index (χ2n) is 5.94. The molecule has 0 aliphatic carbocycles. The molecule has 1 aromatic rings. The van der Waals surface area contributed by atoms with Crippen LogP contribution in [0.5, 0.6) is 0 Å². The smallest absolute Gasteiger partial charge is 0.312 e. The topological polar surface area (TPSA) is 58.6 Å². The van der Waals surface area contributed by atoms with Gasteiger partial charge in [-0.1, -0.05) is 11.6 Å². The largest absolute Gasteiger partial charge is 0.322 e. The van der Waals surface area contributed by atoms with Crippen LogP contribution in [0, 0.1) is 0 Å². The van der Waals surface area contributed by atoms with Gasteiger partial charge in [0.1, 0.15) is 6.29 Å². The number of carbonyl (C=O) groups excluding carboxylic acids is 1. The van der Waals surface area contributed by atoms with Gasteiger partial charge in [-0.3, -0.25) is 9.36 Å². The minimum absolute atomic E-state index is 0.0233. The van der Waals surface area contributed by atoms with Crippen molar-refractivity contribution in [3.8, 4) is 0 Å². The average molecular weight is 331 g/mol. The third kappa shape index (κ3) is 3.42. The summed E-state index contributed by atoms with van der Waals surface area (Å²) in [6.45, 7) is 7.78. The van der Waals surface area contributed by atoms with E-state index >= 15 is 0 Å². The Morgan fingerprint density at radius 2 is 2.10 bits per heavy atom. The standard InChI is InChI=1S/C14H20ClN2O3P/c1-5-20-21(19)9-17(14(2,3)4)13(18)11-8-10(15)6-7-12(11)16-21/h6-8H,5,9H2,1-4H3,(H,16,19). The maximum Gasteiger partial charge on any atom is 0.312 e. The van der Waals surface area contributed by atoms with E-state index in [1.54, 1.807) is 30.0 Å². The zero-order chi connectivity index (χ0) is 15.8. The molecular weight excluding hydrogens is 311 g/mol. The van der Waals surface area contributed by atoms with Crippen LogP contribution in [0.3, 0.4) is 0 Å². The van der Waals surface area contributed by atoms with Crippen molar-refractivity contribution in [2.24, 2.45) is 0 Å². The van der Waals surface area contributed by atoms with Crippen LogP contribution in [0.15, 0.2) is 18.2 Å². The van der Waals surface area contributed by atoms with Crippen molar-refractivity contribution in [1.82, 2.24) is 4.90 Å². The molecule has 0 fully saturated rings. The van der Waals surface area contributed by atoms with Gasteiger partial charge >= 0.3 is 7.52 Å².